The monoisotopic (exact) mass is 266 g/mol. The van der Waals surface area contributed by atoms with Crippen LogP contribution in [0, 0.1) is 23.7 Å². The molecule has 0 aromatic heterocycles. The first-order valence-electron chi connectivity index (χ1n) is 5.77. The molecule has 3 nitrogen and oxygen atoms in total. The molecule has 0 amide bonds. The van der Waals surface area contributed by atoms with Crippen molar-refractivity contribution in [2.24, 2.45) is 5.41 Å². The first kappa shape index (κ1) is 14.7. The summed E-state index contributed by atoms with van der Waals surface area (Å²) in [6.07, 6.45) is 0. The van der Waals surface area contributed by atoms with Crippen LogP contribution in [-0.4, -0.2) is 20.7 Å². The highest BCUT2D eigenvalue weighted by Gasteiger charge is 2.21. The molecule has 1 aromatic carbocycles. The number of nitrogens with zero attached hydrogens (tertiary/aromatic N) is 2. The summed E-state index contributed by atoms with van der Waals surface area (Å²) in [6.45, 7) is 6.37. The van der Waals surface area contributed by atoms with Crippen LogP contribution >= 0.6 is 11.6 Å². The minimum atomic E-state index is -0.420. The van der Waals surface area contributed by atoms with Gasteiger partial charge in [-0.1, -0.05) is 11.6 Å². The third-order valence-electron chi connectivity index (χ3n) is 2.81. The molecule has 0 bridgehead atoms. The van der Waals surface area contributed by atoms with E-state index in [1.54, 1.807) is 7.11 Å². The number of aryl methyl sites for hydroxylation is 1. The van der Waals surface area contributed by atoms with Crippen molar-refractivity contribution in [3.8, 4) is 11.8 Å². The van der Waals surface area contributed by atoms with Crippen LogP contribution in [0.2, 0.25) is 5.02 Å². The SMILES string of the molecule is COc1cc(C)c(Cl)cc1N(C)CC(C)(C)C#N. The van der Waals surface area contributed by atoms with Crippen molar-refractivity contribution < 1.29 is 4.74 Å². The number of anilines is 1. The molecular formula is C14H19ClN2O. The number of hydrogen-bond donors (Lipinski definition) is 0. The lowest BCUT2D eigenvalue weighted by molar-refractivity contribution is 0.412. The molecule has 0 saturated heterocycles. The molecule has 0 fully saturated rings. The van der Waals surface area contributed by atoms with Gasteiger partial charge in [0.25, 0.3) is 0 Å². The van der Waals surface area contributed by atoms with E-state index in [0.29, 0.717) is 11.6 Å². The Hall–Kier alpha value is -1.40. The molecule has 0 unspecified atom stereocenters. The van der Waals surface area contributed by atoms with Crippen molar-refractivity contribution in [1.29, 1.82) is 5.26 Å². The van der Waals surface area contributed by atoms with E-state index >= 15 is 0 Å². The number of ether oxygens (including phenoxy) is 1. The highest BCUT2D eigenvalue weighted by molar-refractivity contribution is 6.31. The molecular weight excluding hydrogens is 248 g/mol. The molecule has 0 aliphatic heterocycles. The lowest BCUT2D eigenvalue weighted by Crippen LogP contribution is -2.30. The fourth-order valence-corrected chi connectivity index (χ4v) is 1.98. The summed E-state index contributed by atoms with van der Waals surface area (Å²) in [5, 5.41) is 9.78. The van der Waals surface area contributed by atoms with E-state index < -0.39 is 5.41 Å². The Morgan fingerprint density at radius 3 is 2.56 bits per heavy atom. The van der Waals surface area contributed by atoms with E-state index in [9.17, 15) is 0 Å². The van der Waals surface area contributed by atoms with Crippen LogP contribution in [0.4, 0.5) is 5.69 Å². The van der Waals surface area contributed by atoms with Crippen LogP contribution in [0.3, 0.4) is 0 Å². The van der Waals surface area contributed by atoms with Crippen molar-refractivity contribution in [1.82, 2.24) is 0 Å². The second-order valence-electron chi connectivity index (χ2n) is 5.12. The first-order chi connectivity index (χ1) is 8.30. The van der Waals surface area contributed by atoms with Gasteiger partial charge in [-0.15, -0.1) is 0 Å². The van der Waals surface area contributed by atoms with E-state index in [1.165, 1.54) is 0 Å². The molecule has 1 aromatic rings. The zero-order valence-corrected chi connectivity index (χ0v) is 12.3. The van der Waals surface area contributed by atoms with Gasteiger partial charge in [0.05, 0.1) is 24.3 Å². The van der Waals surface area contributed by atoms with Crippen molar-refractivity contribution in [3.63, 3.8) is 0 Å². The first-order valence-corrected chi connectivity index (χ1v) is 6.15. The molecule has 1 rings (SSSR count). The molecule has 0 aliphatic rings. The lowest BCUT2D eigenvalue weighted by Gasteiger charge is -2.28. The summed E-state index contributed by atoms with van der Waals surface area (Å²) in [6, 6.07) is 6.08. The van der Waals surface area contributed by atoms with Crippen LogP contribution in [0.25, 0.3) is 0 Å². The van der Waals surface area contributed by atoms with E-state index in [2.05, 4.69) is 6.07 Å². The topological polar surface area (TPSA) is 36.3 Å². The molecule has 18 heavy (non-hydrogen) atoms. The van der Waals surface area contributed by atoms with Crippen LogP contribution in [0.1, 0.15) is 19.4 Å². The maximum atomic E-state index is 9.08. The normalized spacial score (nSPS) is 10.9. The maximum absolute atomic E-state index is 9.08. The van der Waals surface area contributed by atoms with Crippen LogP contribution < -0.4 is 9.64 Å². The third kappa shape index (κ3) is 3.30. The van der Waals surface area contributed by atoms with E-state index in [-0.39, 0.29) is 0 Å². The Morgan fingerprint density at radius 2 is 2.06 bits per heavy atom. The van der Waals surface area contributed by atoms with Gasteiger partial charge < -0.3 is 9.64 Å². The average molecular weight is 267 g/mol. The largest absolute Gasteiger partial charge is 0.495 e. The molecule has 0 N–H and O–H groups in total. The summed E-state index contributed by atoms with van der Waals surface area (Å²) in [4.78, 5) is 1.99. The van der Waals surface area contributed by atoms with Crippen molar-refractivity contribution in [3.05, 3.63) is 22.7 Å². The van der Waals surface area contributed by atoms with Gasteiger partial charge in [0.15, 0.2) is 0 Å². The number of methoxy groups -OCH3 is 1. The maximum Gasteiger partial charge on any atom is 0.142 e. The van der Waals surface area contributed by atoms with Gasteiger partial charge in [0.2, 0.25) is 0 Å². The molecule has 0 aliphatic carbocycles. The van der Waals surface area contributed by atoms with Gasteiger partial charge >= 0.3 is 0 Å². The number of benzene rings is 1. The van der Waals surface area contributed by atoms with Crippen LogP contribution in [-0.2, 0) is 0 Å². The second kappa shape index (κ2) is 5.49. The predicted octanol–water partition coefficient (Wildman–Crippen LogP) is 3.64. The molecule has 0 heterocycles. The summed E-state index contributed by atoms with van der Waals surface area (Å²) in [7, 11) is 3.57. The van der Waals surface area contributed by atoms with E-state index in [4.69, 9.17) is 21.6 Å². The molecule has 0 saturated carbocycles. The summed E-state index contributed by atoms with van der Waals surface area (Å²) < 4.78 is 5.37. The number of rotatable bonds is 4. The minimum Gasteiger partial charge on any atom is -0.495 e. The standard InChI is InChI=1S/C14H19ClN2O/c1-10-6-13(18-5)12(7-11(10)15)17(4)9-14(2,3)8-16/h6-7H,9H2,1-5H3. The van der Waals surface area contributed by atoms with Gasteiger partial charge in [-0.3, -0.25) is 0 Å². The zero-order chi connectivity index (χ0) is 13.9. The lowest BCUT2D eigenvalue weighted by atomic mass is 9.95. The van der Waals surface area contributed by atoms with Gasteiger partial charge in [-0.2, -0.15) is 5.26 Å². The highest BCUT2D eigenvalue weighted by Crippen LogP contribution is 2.34. The smallest absolute Gasteiger partial charge is 0.142 e. The Labute approximate surface area is 114 Å². The molecule has 0 radical (unpaired) electrons. The Balaban J connectivity index is 3.09. The fourth-order valence-electron chi connectivity index (χ4n) is 1.82. The van der Waals surface area contributed by atoms with Gasteiger partial charge in [0, 0.05) is 18.6 Å². The molecule has 0 spiro atoms. The van der Waals surface area contributed by atoms with Crippen molar-refractivity contribution in [2.45, 2.75) is 20.8 Å². The van der Waals surface area contributed by atoms with Gasteiger partial charge in [0.1, 0.15) is 5.75 Å². The quantitative estimate of drug-likeness (QED) is 0.835. The number of halogens is 1. The summed E-state index contributed by atoms with van der Waals surface area (Å²) in [5.74, 6) is 0.771. The fraction of sp³-hybridized carbons (Fsp3) is 0.500. The minimum absolute atomic E-state index is 0.420. The molecule has 4 heteroatoms. The summed E-state index contributed by atoms with van der Waals surface area (Å²) in [5.41, 5.74) is 1.46. The van der Waals surface area contributed by atoms with Crippen molar-refractivity contribution in [2.75, 3.05) is 25.6 Å². The van der Waals surface area contributed by atoms with Crippen LogP contribution in [0.15, 0.2) is 12.1 Å². The van der Waals surface area contributed by atoms with E-state index in [1.807, 2.05) is 44.9 Å². The highest BCUT2D eigenvalue weighted by atomic mass is 35.5. The summed E-state index contributed by atoms with van der Waals surface area (Å²) >= 11 is 6.14. The van der Waals surface area contributed by atoms with Gasteiger partial charge in [-0.25, -0.2) is 0 Å². The Kier molecular flexibility index (Phi) is 4.48. The average Bonchev–Trinajstić information content (AvgIpc) is 2.31. The third-order valence-corrected chi connectivity index (χ3v) is 3.21. The molecule has 98 valence electrons. The van der Waals surface area contributed by atoms with Crippen LogP contribution in [0.5, 0.6) is 5.75 Å². The van der Waals surface area contributed by atoms with Gasteiger partial charge in [-0.05, 0) is 38.5 Å². The Bertz CT molecular complexity index is 477. The van der Waals surface area contributed by atoms with Crippen molar-refractivity contribution >= 4 is 17.3 Å². The predicted molar refractivity (Wildman–Crippen MR) is 75.4 cm³/mol. The number of nitriles is 1. The molecule has 0 atom stereocenters. The number of hydrogen-bond acceptors (Lipinski definition) is 3. The van der Waals surface area contributed by atoms with E-state index in [0.717, 1.165) is 17.0 Å². The zero-order valence-electron chi connectivity index (χ0n) is 11.5. The second-order valence-corrected chi connectivity index (χ2v) is 5.53. The Morgan fingerprint density at radius 1 is 1.44 bits per heavy atom.